The summed E-state index contributed by atoms with van der Waals surface area (Å²) in [5.41, 5.74) is 1.27. The summed E-state index contributed by atoms with van der Waals surface area (Å²) in [5, 5.41) is 16.7. The molecule has 0 spiro atoms. The zero-order chi connectivity index (χ0) is 15.8. The van der Waals surface area contributed by atoms with Crippen LogP contribution in [0.15, 0.2) is 29.5 Å². The average Bonchev–Trinajstić information content (AvgIpc) is 2.52. The van der Waals surface area contributed by atoms with Gasteiger partial charge >= 0.3 is 0 Å². The van der Waals surface area contributed by atoms with Crippen LogP contribution in [0.4, 0.5) is 0 Å². The third-order valence-electron chi connectivity index (χ3n) is 4.63. The van der Waals surface area contributed by atoms with E-state index < -0.39 is 6.10 Å². The largest absolute Gasteiger partial charge is 0.387 e. The van der Waals surface area contributed by atoms with Gasteiger partial charge < -0.3 is 15.7 Å². The van der Waals surface area contributed by atoms with Gasteiger partial charge in [0.25, 0.3) is 0 Å². The van der Waals surface area contributed by atoms with E-state index in [4.69, 9.17) is 4.99 Å². The molecule has 1 fully saturated rings. The van der Waals surface area contributed by atoms with Crippen LogP contribution < -0.4 is 10.6 Å². The van der Waals surface area contributed by atoms with Gasteiger partial charge in [-0.2, -0.15) is 0 Å². The molecule has 1 atom stereocenters. The summed E-state index contributed by atoms with van der Waals surface area (Å²) in [5.74, 6) is 0.787. The van der Waals surface area contributed by atoms with Crippen LogP contribution in [0, 0.1) is 5.41 Å². The molecule has 0 bridgehead atoms. The van der Waals surface area contributed by atoms with Gasteiger partial charge in [0.1, 0.15) is 0 Å². The number of nitrogens with zero attached hydrogens (tertiary/aromatic N) is 2. The highest BCUT2D eigenvalue weighted by Crippen LogP contribution is 2.43. The van der Waals surface area contributed by atoms with E-state index in [-0.39, 0.29) is 0 Å². The van der Waals surface area contributed by atoms with Crippen molar-refractivity contribution < 1.29 is 5.11 Å². The zero-order valence-electron chi connectivity index (χ0n) is 13.7. The van der Waals surface area contributed by atoms with Crippen molar-refractivity contribution in [2.24, 2.45) is 10.4 Å². The van der Waals surface area contributed by atoms with Gasteiger partial charge in [-0.05, 0) is 49.3 Å². The van der Waals surface area contributed by atoms with Crippen LogP contribution in [0.25, 0.3) is 0 Å². The Morgan fingerprint density at radius 1 is 1.32 bits per heavy atom. The number of pyridine rings is 1. The van der Waals surface area contributed by atoms with Crippen LogP contribution in [0.2, 0.25) is 0 Å². The summed E-state index contributed by atoms with van der Waals surface area (Å²) in [6.45, 7) is 6.42. The average molecular weight is 304 g/mol. The maximum absolute atomic E-state index is 10.2. The third-order valence-corrected chi connectivity index (χ3v) is 4.63. The quantitative estimate of drug-likeness (QED) is 0.534. The first-order valence-electron chi connectivity index (χ1n) is 8.29. The number of aliphatic hydroxyl groups excluding tert-OH is 1. The summed E-state index contributed by atoms with van der Waals surface area (Å²) < 4.78 is 0. The van der Waals surface area contributed by atoms with Gasteiger partial charge in [-0.25, -0.2) is 0 Å². The molecule has 1 aliphatic rings. The SMILES string of the molecule is CCNC(=NCC1(CC)CCC1)NCC(O)c1ccncc1. The normalized spacial score (nSPS) is 18.4. The molecule has 1 unspecified atom stereocenters. The van der Waals surface area contributed by atoms with E-state index in [1.807, 2.05) is 12.1 Å². The minimum absolute atomic E-state index is 0.409. The molecular weight excluding hydrogens is 276 g/mol. The summed E-state index contributed by atoms with van der Waals surface area (Å²) in [6, 6.07) is 3.66. The van der Waals surface area contributed by atoms with Crippen molar-refractivity contribution in [1.82, 2.24) is 15.6 Å². The predicted molar refractivity (Wildman–Crippen MR) is 89.8 cm³/mol. The number of guanidine groups is 1. The molecule has 1 aliphatic carbocycles. The van der Waals surface area contributed by atoms with E-state index in [0.29, 0.717) is 12.0 Å². The van der Waals surface area contributed by atoms with E-state index in [0.717, 1.165) is 24.6 Å². The molecule has 22 heavy (non-hydrogen) atoms. The highest BCUT2D eigenvalue weighted by atomic mass is 16.3. The molecule has 0 saturated heterocycles. The molecule has 0 radical (unpaired) electrons. The Kier molecular flexibility index (Phi) is 6.19. The molecule has 5 heteroatoms. The predicted octanol–water partition coefficient (Wildman–Crippen LogP) is 2.25. The van der Waals surface area contributed by atoms with Gasteiger partial charge in [0.05, 0.1) is 6.10 Å². The van der Waals surface area contributed by atoms with Crippen molar-refractivity contribution in [3.05, 3.63) is 30.1 Å². The molecular formula is C17H28N4O. The number of rotatable bonds is 7. The van der Waals surface area contributed by atoms with E-state index in [9.17, 15) is 5.11 Å². The number of aliphatic hydroxyl groups is 1. The number of aliphatic imine (C=N–C) groups is 1. The second-order valence-corrected chi connectivity index (χ2v) is 6.08. The second kappa shape index (κ2) is 8.13. The van der Waals surface area contributed by atoms with Crippen LogP contribution >= 0.6 is 0 Å². The van der Waals surface area contributed by atoms with Crippen molar-refractivity contribution in [2.45, 2.75) is 45.6 Å². The summed E-state index contributed by atoms with van der Waals surface area (Å²) in [7, 11) is 0. The van der Waals surface area contributed by atoms with Crippen LogP contribution in [0.1, 0.15) is 51.2 Å². The Bertz CT molecular complexity index is 465. The van der Waals surface area contributed by atoms with Gasteiger partial charge in [-0.1, -0.05) is 13.3 Å². The maximum atomic E-state index is 10.2. The molecule has 2 rings (SSSR count). The Balaban J connectivity index is 1.88. The number of hydrogen-bond acceptors (Lipinski definition) is 3. The summed E-state index contributed by atoms with van der Waals surface area (Å²) >= 11 is 0. The minimum atomic E-state index is -0.560. The molecule has 1 aromatic rings. The van der Waals surface area contributed by atoms with E-state index in [2.05, 4.69) is 29.5 Å². The molecule has 3 N–H and O–H groups in total. The molecule has 0 amide bonds. The van der Waals surface area contributed by atoms with Crippen LogP contribution in [-0.2, 0) is 0 Å². The molecule has 122 valence electrons. The zero-order valence-corrected chi connectivity index (χ0v) is 13.7. The van der Waals surface area contributed by atoms with Gasteiger partial charge in [0.15, 0.2) is 5.96 Å². The summed E-state index contributed by atoms with van der Waals surface area (Å²) in [6.07, 6.45) is 7.91. The lowest BCUT2D eigenvalue weighted by Gasteiger charge is -2.40. The standard InChI is InChI=1S/C17H28N4O/c1-3-17(8-5-9-17)13-21-16(19-4-2)20-12-15(22)14-6-10-18-11-7-14/h6-7,10-11,15,22H,3-5,8-9,12-13H2,1-2H3,(H2,19,20,21). The fourth-order valence-electron chi connectivity index (χ4n) is 2.79. The number of nitrogens with one attached hydrogen (secondary N) is 2. The molecule has 0 aromatic carbocycles. The first-order valence-corrected chi connectivity index (χ1v) is 8.29. The second-order valence-electron chi connectivity index (χ2n) is 6.08. The minimum Gasteiger partial charge on any atom is -0.387 e. The van der Waals surface area contributed by atoms with Crippen molar-refractivity contribution in [3.8, 4) is 0 Å². The smallest absolute Gasteiger partial charge is 0.191 e. The lowest BCUT2D eigenvalue weighted by molar-refractivity contribution is 0.139. The van der Waals surface area contributed by atoms with Crippen molar-refractivity contribution in [3.63, 3.8) is 0 Å². The fraction of sp³-hybridized carbons (Fsp3) is 0.647. The molecule has 1 heterocycles. The van der Waals surface area contributed by atoms with Crippen molar-refractivity contribution in [2.75, 3.05) is 19.6 Å². The monoisotopic (exact) mass is 304 g/mol. The van der Waals surface area contributed by atoms with Gasteiger partial charge in [-0.15, -0.1) is 0 Å². The van der Waals surface area contributed by atoms with E-state index in [1.165, 1.54) is 25.7 Å². The Hall–Kier alpha value is -1.62. The Labute approximate surface area is 133 Å². The third kappa shape index (κ3) is 4.44. The maximum Gasteiger partial charge on any atom is 0.191 e. The highest BCUT2D eigenvalue weighted by Gasteiger charge is 2.34. The number of hydrogen-bond donors (Lipinski definition) is 3. The molecule has 1 saturated carbocycles. The van der Waals surface area contributed by atoms with E-state index in [1.54, 1.807) is 12.4 Å². The Morgan fingerprint density at radius 2 is 2.05 bits per heavy atom. The van der Waals surface area contributed by atoms with Crippen molar-refractivity contribution >= 4 is 5.96 Å². The van der Waals surface area contributed by atoms with Gasteiger partial charge in [0, 0.05) is 32.0 Å². The first-order chi connectivity index (χ1) is 10.7. The van der Waals surface area contributed by atoms with Crippen LogP contribution in [-0.4, -0.2) is 35.7 Å². The van der Waals surface area contributed by atoms with Crippen molar-refractivity contribution in [1.29, 1.82) is 0 Å². The fourth-order valence-corrected chi connectivity index (χ4v) is 2.79. The highest BCUT2D eigenvalue weighted by molar-refractivity contribution is 5.79. The summed E-state index contributed by atoms with van der Waals surface area (Å²) in [4.78, 5) is 8.68. The lowest BCUT2D eigenvalue weighted by Crippen LogP contribution is -2.41. The topological polar surface area (TPSA) is 69.5 Å². The van der Waals surface area contributed by atoms with Gasteiger partial charge in [0.2, 0.25) is 0 Å². The van der Waals surface area contributed by atoms with Gasteiger partial charge in [-0.3, -0.25) is 9.98 Å². The number of aromatic nitrogens is 1. The first kappa shape index (κ1) is 16.7. The molecule has 0 aliphatic heterocycles. The lowest BCUT2D eigenvalue weighted by atomic mass is 9.67. The van der Waals surface area contributed by atoms with Crippen LogP contribution in [0.3, 0.4) is 0 Å². The van der Waals surface area contributed by atoms with Crippen LogP contribution in [0.5, 0.6) is 0 Å². The Morgan fingerprint density at radius 3 is 2.59 bits per heavy atom. The van der Waals surface area contributed by atoms with E-state index >= 15 is 0 Å². The molecule has 1 aromatic heterocycles. The molecule has 5 nitrogen and oxygen atoms in total.